The lowest BCUT2D eigenvalue weighted by Crippen LogP contribution is -2.26. The number of rotatable bonds is 5. The van der Waals surface area contributed by atoms with Gasteiger partial charge in [0.2, 0.25) is 5.91 Å². The van der Waals surface area contributed by atoms with Crippen LogP contribution in [0.2, 0.25) is 0 Å². The van der Waals surface area contributed by atoms with E-state index in [1.165, 1.54) is 0 Å². The number of carboxylic acid groups (broad SMARTS) is 1. The largest absolute Gasteiger partial charge is 0.481 e. The van der Waals surface area contributed by atoms with E-state index in [9.17, 15) is 14.4 Å². The molecule has 7 nitrogen and oxygen atoms in total. The molecular weight excluding hydrogens is 324 g/mol. The van der Waals surface area contributed by atoms with Crippen LogP contribution in [0.15, 0.2) is 24.3 Å². The number of carbonyl (C=O) groups is 3. The molecule has 134 valence electrons. The highest BCUT2D eigenvalue weighted by molar-refractivity contribution is 5.95. The van der Waals surface area contributed by atoms with Crippen molar-refractivity contribution in [3.8, 4) is 0 Å². The van der Waals surface area contributed by atoms with E-state index in [1.807, 2.05) is 0 Å². The number of ether oxygens (including phenoxy) is 1. The van der Waals surface area contributed by atoms with Crippen molar-refractivity contribution in [2.75, 3.05) is 17.2 Å². The van der Waals surface area contributed by atoms with Crippen molar-refractivity contribution >= 4 is 29.2 Å². The highest BCUT2D eigenvalue weighted by Gasteiger charge is 2.33. The summed E-state index contributed by atoms with van der Waals surface area (Å²) in [7, 11) is 0. The molecule has 2 amide bonds. The Balaban J connectivity index is 1.51. The number of anilines is 2. The average molecular weight is 346 g/mol. The van der Waals surface area contributed by atoms with Crippen LogP contribution < -0.4 is 10.6 Å². The molecule has 0 bridgehead atoms. The van der Waals surface area contributed by atoms with E-state index in [0.717, 1.165) is 12.8 Å². The van der Waals surface area contributed by atoms with Crippen molar-refractivity contribution in [3.63, 3.8) is 0 Å². The minimum absolute atomic E-state index is 0.153. The fourth-order valence-electron chi connectivity index (χ4n) is 3.33. The third-order valence-corrected chi connectivity index (χ3v) is 4.79. The average Bonchev–Trinajstić information content (AvgIpc) is 3.28. The van der Waals surface area contributed by atoms with Gasteiger partial charge in [-0.1, -0.05) is 0 Å². The monoisotopic (exact) mass is 346 g/mol. The molecule has 1 heterocycles. The molecular formula is C18H22N2O5. The highest BCUT2D eigenvalue weighted by Crippen LogP contribution is 2.32. The summed E-state index contributed by atoms with van der Waals surface area (Å²) in [6, 6.07) is 6.87. The summed E-state index contributed by atoms with van der Waals surface area (Å²) < 4.78 is 5.33. The molecule has 1 aromatic rings. The van der Waals surface area contributed by atoms with Gasteiger partial charge in [0.15, 0.2) is 0 Å². The van der Waals surface area contributed by atoms with Crippen molar-refractivity contribution in [2.45, 2.75) is 38.2 Å². The van der Waals surface area contributed by atoms with Crippen LogP contribution in [0.4, 0.5) is 11.4 Å². The van der Waals surface area contributed by atoms with Crippen LogP contribution in [0.25, 0.3) is 0 Å². The molecule has 3 N–H and O–H groups in total. The molecule has 1 aromatic carbocycles. The number of benzene rings is 1. The Labute approximate surface area is 145 Å². The second-order valence-corrected chi connectivity index (χ2v) is 6.60. The Kier molecular flexibility index (Phi) is 5.33. The second-order valence-electron chi connectivity index (χ2n) is 6.60. The summed E-state index contributed by atoms with van der Waals surface area (Å²) in [6.07, 6.45) is 2.77. The topological polar surface area (TPSA) is 105 Å². The Morgan fingerprint density at radius 3 is 2.04 bits per heavy atom. The molecule has 0 aromatic heterocycles. The summed E-state index contributed by atoms with van der Waals surface area (Å²) in [5.74, 6) is -1.83. The third kappa shape index (κ3) is 4.36. The number of carbonyl (C=O) groups excluding carboxylic acids is 2. The van der Waals surface area contributed by atoms with Gasteiger partial charge in [0.25, 0.3) is 5.91 Å². The number of nitrogens with one attached hydrogen (secondary N) is 2. The summed E-state index contributed by atoms with van der Waals surface area (Å²) in [4.78, 5) is 35.2. The van der Waals surface area contributed by atoms with Gasteiger partial charge in [-0.3, -0.25) is 14.4 Å². The molecule has 2 aliphatic rings. The van der Waals surface area contributed by atoms with Crippen LogP contribution in [0.5, 0.6) is 0 Å². The highest BCUT2D eigenvalue weighted by atomic mass is 16.5. The maximum Gasteiger partial charge on any atom is 0.306 e. The predicted octanol–water partition coefficient (Wildman–Crippen LogP) is 2.24. The molecule has 7 heteroatoms. The van der Waals surface area contributed by atoms with Crippen LogP contribution in [0, 0.1) is 11.8 Å². The van der Waals surface area contributed by atoms with E-state index in [0.29, 0.717) is 37.2 Å². The van der Waals surface area contributed by atoms with E-state index in [1.54, 1.807) is 24.3 Å². The minimum atomic E-state index is -0.832. The zero-order valence-corrected chi connectivity index (χ0v) is 13.9. The molecule has 1 aliphatic heterocycles. The third-order valence-electron chi connectivity index (χ3n) is 4.79. The molecule has 3 rings (SSSR count). The molecule has 0 radical (unpaired) electrons. The Morgan fingerprint density at radius 2 is 1.52 bits per heavy atom. The van der Waals surface area contributed by atoms with Crippen LogP contribution >= 0.6 is 0 Å². The lowest BCUT2D eigenvalue weighted by atomic mass is 10.0. The van der Waals surface area contributed by atoms with Gasteiger partial charge in [-0.2, -0.15) is 0 Å². The van der Waals surface area contributed by atoms with Crippen molar-refractivity contribution in [1.29, 1.82) is 0 Å². The first-order valence-electron chi connectivity index (χ1n) is 8.59. The van der Waals surface area contributed by atoms with Crippen LogP contribution in [-0.4, -0.2) is 35.6 Å². The number of hydrogen-bond acceptors (Lipinski definition) is 4. The predicted molar refractivity (Wildman–Crippen MR) is 91.1 cm³/mol. The number of amides is 2. The first-order chi connectivity index (χ1) is 12.0. The zero-order chi connectivity index (χ0) is 17.8. The molecule has 0 spiro atoms. The van der Waals surface area contributed by atoms with Gasteiger partial charge in [0.05, 0.1) is 5.92 Å². The van der Waals surface area contributed by atoms with E-state index in [4.69, 9.17) is 9.84 Å². The second kappa shape index (κ2) is 7.65. The number of carboxylic acids is 1. The lowest BCUT2D eigenvalue weighted by molar-refractivity contribution is -0.141. The van der Waals surface area contributed by atoms with Crippen molar-refractivity contribution < 1.29 is 24.2 Å². The minimum Gasteiger partial charge on any atom is -0.481 e. The van der Waals surface area contributed by atoms with Crippen molar-refractivity contribution in [1.82, 2.24) is 0 Å². The zero-order valence-electron chi connectivity index (χ0n) is 13.9. The number of aliphatic carboxylic acids is 1. The van der Waals surface area contributed by atoms with Gasteiger partial charge in [0.1, 0.15) is 6.10 Å². The van der Waals surface area contributed by atoms with Gasteiger partial charge >= 0.3 is 5.97 Å². The normalized spacial score (nSPS) is 25.5. The van der Waals surface area contributed by atoms with Gasteiger partial charge in [-0.25, -0.2) is 0 Å². The van der Waals surface area contributed by atoms with Gasteiger partial charge in [0, 0.05) is 23.9 Å². The van der Waals surface area contributed by atoms with Crippen LogP contribution in [0.3, 0.4) is 0 Å². The Morgan fingerprint density at radius 1 is 0.920 bits per heavy atom. The molecule has 1 saturated heterocycles. The number of hydrogen-bond donors (Lipinski definition) is 3. The molecule has 2 fully saturated rings. The molecule has 25 heavy (non-hydrogen) atoms. The van der Waals surface area contributed by atoms with E-state index in [2.05, 4.69) is 10.6 Å². The fraction of sp³-hybridized carbons (Fsp3) is 0.500. The summed E-state index contributed by atoms with van der Waals surface area (Å²) >= 11 is 0. The van der Waals surface area contributed by atoms with E-state index in [-0.39, 0.29) is 23.8 Å². The van der Waals surface area contributed by atoms with Gasteiger partial charge in [-0.15, -0.1) is 0 Å². The van der Waals surface area contributed by atoms with Crippen LogP contribution in [0.1, 0.15) is 32.1 Å². The summed E-state index contributed by atoms with van der Waals surface area (Å²) in [5, 5.41) is 14.6. The van der Waals surface area contributed by atoms with Crippen molar-refractivity contribution in [3.05, 3.63) is 24.3 Å². The Hall–Kier alpha value is -2.41. The van der Waals surface area contributed by atoms with E-state index < -0.39 is 11.9 Å². The molecule has 3 atom stereocenters. The molecule has 1 saturated carbocycles. The standard InChI is InChI=1S/C18H22N2O5/c21-16(11-3-4-12(10-11)18(23)24)19-13-5-7-14(8-6-13)20-17(22)15-2-1-9-25-15/h5-8,11-12,15H,1-4,9-10H2,(H,19,21)(H,20,22)(H,23,24)/t11-,12+,15?/m0/s1. The molecule has 1 aliphatic carbocycles. The molecule has 1 unspecified atom stereocenters. The summed E-state index contributed by atoms with van der Waals surface area (Å²) in [5.41, 5.74) is 1.27. The van der Waals surface area contributed by atoms with Gasteiger partial charge in [-0.05, 0) is 56.4 Å². The van der Waals surface area contributed by atoms with E-state index >= 15 is 0 Å². The maximum atomic E-state index is 12.2. The smallest absolute Gasteiger partial charge is 0.306 e. The quantitative estimate of drug-likeness (QED) is 0.758. The van der Waals surface area contributed by atoms with Gasteiger partial charge < -0.3 is 20.5 Å². The first-order valence-corrected chi connectivity index (χ1v) is 8.59. The summed E-state index contributed by atoms with van der Waals surface area (Å²) in [6.45, 7) is 0.618. The SMILES string of the molecule is O=C(Nc1ccc(NC(=O)[C@H]2CC[C@@H](C(=O)O)C2)cc1)C1CCCO1. The van der Waals surface area contributed by atoms with Crippen molar-refractivity contribution in [2.24, 2.45) is 11.8 Å². The maximum absolute atomic E-state index is 12.2. The Bertz CT molecular complexity index is 652. The lowest BCUT2D eigenvalue weighted by Gasteiger charge is -2.13. The van der Waals surface area contributed by atoms with Crippen LogP contribution in [-0.2, 0) is 19.1 Å². The fourth-order valence-corrected chi connectivity index (χ4v) is 3.33. The first kappa shape index (κ1) is 17.4.